The lowest BCUT2D eigenvalue weighted by atomic mass is 9.96. The molecule has 0 bridgehead atoms. The number of anilines is 2. The van der Waals surface area contributed by atoms with Crippen LogP contribution < -0.4 is 16.0 Å². The van der Waals surface area contributed by atoms with E-state index in [0.29, 0.717) is 23.2 Å². The molecule has 0 aliphatic heterocycles. The Hall–Kier alpha value is -3.38. The van der Waals surface area contributed by atoms with E-state index in [-0.39, 0.29) is 17.3 Å². The van der Waals surface area contributed by atoms with Gasteiger partial charge < -0.3 is 21.1 Å². The Morgan fingerprint density at radius 3 is 2.34 bits per heavy atom. The Morgan fingerprint density at radius 1 is 1.07 bits per heavy atom. The normalized spacial score (nSPS) is 10.6. The fourth-order valence-corrected chi connectivity index (χ4v) is 3.22. The second-order valence-corrected chi connectivity index (χ2v) is 6.84. The fourth-order valence-electron chi connectivity index (χ4n) is 3.22. The Morgan fingerprint density at radius 2 is 1.72 bits per heavy atom. The number of phenolic OH excluding ortho intramolecular Hbond substituents is 1. The lowest BCUT2D eigenvalue weighted by Gasteiger charge is -2.19. The van der Waals surface area contributed by atoms with Gasteiger partial charge in [-0.25, -0.2) is 4.39 Å². The van der Waals surface area contributed by atoms with E-state index >= 15 is 0 Å². The summed E-state index contributed by atoms with van der Waals surface area (Å²) in [7, 11) is 1.96. The highest BCUT2D eigenvalue weighted by Gasteiger charge is 2.14. The molecule has 3 aromatic carbocycles. The maximum absolute atomic E-state index is 14.4. The molecule has 0 saturated heterocycles. The molecule has 0 saturated carbocycles. The second-order valence-electron chi connectivity index (χ2n) is 6.84. The van der Waals surface area contributed by atoms with Gasteiger partial charge in [-0.3, -0.25) is 4.79 Å². The number of carbonyl (C=O) groups excluding carboxylic acids is 1. The van der Waals surface area contributed by atoms with Gasteiger partial charge in [0.05, 0.1) is 5.69 Å². The number of phenols is 1. The topological polar surface area (TPSA) is 78.6 Å². The summed E-state index contributed by atoms with van der Waals surface area (Å²) in [6, 6.07) is 17.6. The minimum absolute atomic E-state index is 0.0674. The van der Waals surface area contributed by atoms with Gasteiger partial charge in [-0.15, -0.1) is 0 Å². The number of amides is 1. The number of hydrogen-bond donors (Lipinski definition) is 3. The number of likely N-dealkylation sites (N-methyl/N-ethyl adjacent to an activating group) is 1. The molecule has 0 aromatic heterocycles. The van der Waals surface area contributed by atoms with Crippen LogP contribution in [0.5, 0.6) is 5.75 Å². The predicted molar refractivity (Wildman–Crippen MR) is 116 cm³/mol. The number of benzene rings is 3. The molecular formula is C23H24FN3O2. The summed E-state index contributed by atoms with van der Waals surface area (Å²) in [5, 5.41) is 13.3. The monoisotopic (exact) mass is 393 g/mol. The largest absolute Gasteiger partial charge is 0.507 e. The maximum atomic E-state index is 14.4. The van der Waals surface area contributed by atoms with Gasteiger partial charge in [-0.2, -0.15) is 0 Å². The Bertz CT molecular complexity index is 1040. The number of para-hydroxylation sites is 1. The van der Waals surface area contributed by atoms with Crippen LogP contribution in [0.1, 0.15) is 6.92 Å². The standard InChI is InChI=1S/C23H24FN3O2/c1-15(28)26-22-10-9-17(14-21(22)24)20-8-4-7-19(23(20)29)16-5-3-6-18(13-16)27(2)12-11-25/h3-10,13-14,29H,11-12,25H2,1-2H3,(H,26,28). The van der Waals surface area contributed by atoms with Crippen LogP contribution in [0.25, 0.3) is 22.3 Å². The van der Waals surface area contributed by atoms with E-state index in [1.54, 1.807) is 12.1 Å². The summed E-state index contributed by atoms with van der Waals surface area (Å²) in [6.45, 7) is 2.58. The van der Waals surface area contributed by atoms with Gasteiger partial charge in [-0.05, 0) is 35.4 Å². The number of nitrogens with one attached hydrogen (secondary N) is 1. The van der Waals surface area contributed by atoms with Crippen LogP contribution in [0.3, 0.4) is 0 Å². The van der Waals surface area contributed by atoms with Crippen molar-refractivity contribution in [2.45, 2.75) is 6.92 Å². The second kappa shape index (κ2) is 8.75. The van der Waals surface area contributed by atoms with E-state index in [1.807, 2.05) is 48.3 Å². The molecule has 0 atom stereocenters. The number of halogens is 1. The van der Waals surface area contributed by atoms with Gasteiger partial charge >= 0.3 is 0 Å². The number of hydrogen-bond acceptors (Lipinski definition) is 4. The van der Waals surface area contributed by atoms with Crippen LogP contribution >= 0.6 is 0 Å². The lowest BCUT2D eigenvalue weighted by molar-refractivity contribution is -0.114. The van der Waals surface area contributed by atoms with E-state index in [4.69, 9.17) is 5.73 Å². The van der Waals surface area contributed by atoms with E-state index < -0.39 is 5.82 Å². The van der Waals surface area contributed by atoms with Crippen molar-refractivity contribution in [1.29, 1.82) is 0 Å². The van der Waals surface area contributed by atoms with Crippen molar-refractivity contribution < 1.29 is 14.3 Å². The molecule has 0 unspecified atom stereocenters. The zero-order valence-corrected chi connectivity index (χ0v) is 16.4. The van der Waals surface area contributed by atoms with Gasteiger partial charge in [0, 0.05) is 43.9 Å². The van der Waals surface area contributed by atoms with E-state index in [1.165, 1.54) is 19.1 Å². The minimum Gasteiger partial charge on any atom is -0.507 e. The van der Waals surface area contributed by atoms with Gasteiger partial charge in [0.1, 0.15) is 11.6 Å². The first-order valence-electron chi connectivity index (χ1n) is 9.32. The number of nitrogens with zero attached hydrogens (tertiary/aromatic N) is 1. The van der Waals surface area contributed by atoms with Crippen LogP contribution in [0.4, 0.5) is 15.8 Å². The molecule has 1 amide bonds. The molecule has 29 heavy (non-hydrogen) atoms. The van der Waals surface area contributed by atoms with Crippen LogP contribution in [-0.2, 0) is 4.79 Å². The first-order valence-corrected chi connectivity index (χ1v) is 9.32. The zero-order valence-electron chi connectivity index (χ0n) is 16.4. The molecule has 0 aliphatic rings. The average molecular weight is 393 g/mol. The van der Waals surface area contributed by atoms with E-state index in [9.17, 15) is 14.3 Å². The lowest BCUT2D eigenvalue weighted by Crippen LogP contribution is -2.24. The first-order chi connectivity index (χ1) is 13.9. The Balaban J connectivity index is 2.00. The molecule has 5 nitrogen and oxygen atoms in total. The summed E-state index contributed by atoms with van der Waals surface area (Å²) >= 11 is 0. The molecule has 3 rings (SSSR count). The summed E-state index contributed by atoms with van der Waals surface area (Å²) in [4.78, 5) is 13.2. The van der Waals surface area contributed by atoms with Crippen molar-refractivity contribution in [1.82, 2.24) is 0 Å². The highest BCUT2D eigenvalue weighted by atomic mass is 19.1. The van der Waals surface area contributed by atoms with Gasteiger partial charge in [-0.1, -0.05) is 36.4 Å². The molecule has 0 aliphatic carbocycles. The quantitative estimate of drug-likeness (QED) is 0.586. The highest BCUT2D eigenvalue weighted by Crippen LogP contribution is 2.39. The summed E-state index contributed by atoms with van der Waals surface area (Å²) in [6.07, 6.45) is 0. The smallest absolute Gasteiger partial charge is 0.221 e. The predicted octanol–water partition coefficient (Wildman–Crippen LogP) is 4.22. The zero-order chi connectivity index (χ0) is 21.0. The third-order valence-electron chi connectivity index (χ3n) is 4.69. The Labute approximate surface area is 169 Å². The van der Waals surface area contributed by atoms with Crippen LogP contribution in [0.2, 0.25) is 0 Å². The molecule has 0 spiro atoms. The van der Waals surface area contributed by atoms with E-state index in [2.05, 4.69) is 5.32 Å². The van der Waals surface area contributed by atoms with Gasteiger partial charge in [0.15, 0.2) is 0 Å². The summed E-state index contributed by atoms with van der Waals surface area (Å²) in [5.41, 5.74) is 9.26. The van der Waals surface area contributed by atoms with Crippen LogP contribution in [0, 0.1) is 5.82 Å². The number of nitrogens with two attached hydrogens (primary N) is 1. The first kappa shape index (κ1) is 20.4. The molecule has 4 N–H and O–H groups in total. The average Bonchev–Trinajstić information content (AvgIpc) is 2.70. The van der Waals surface area contributed by atoms with Crippen LogP contribution in [-0.4, -0.2) is 31.2 Å². The van der Waals surface area contributed by atoms with Crippen molar-refractivity contribution in [3.05, 3.63) is 66.5 Å². The van der Waals surface area contributed by atoms with Crippen molar-refractivity contribution in [2.75, 3.05) is 30.4 Å². The van der Waals surface area contributed by atoms with Crippen LogP contribution in [0.15, 0.2) is 60.7 Å². The van der Waals surface area contributed by atoms with Crippen molar-refractivity contribution in [2.24, 2.45) is 5.73 Å². The summed E-state index contributed by atoms with van der Waals surface area (Å²) < 4.78 is 14.4. The van der Waals surface area contributed by atoms with Gasteiger partial charge in [0.2, 0.25) is 5.91 Å². The molecule has 0 radical (unpaired) electrons. The van der Waals surface area contributed by atoms with Crippen molar-refractivity contribution >= 4 is 17.3 Å². The fraction of sp³-hybridized carbons (Fsp3) is 0.174. The SMILES string of the molecule is CC(=O)Nc1ccc(-c2cccc(-c3cccc(N(C)CCN)c3)c2O)cc1F. The maximum Gasteiger partial charge on any atom is 0.221 e. The molecule has 3 aromatic rings. The molecule has 150 valence electrons. The molecular weight excluding hydrogens is 369 g/mol. The number of carbonyl (C=O) groups is 1. The summed E-state index contributed by atoms with van der Waals surface area (Å²) in [5.74, 6) is -0.841. The van der Waals surface area contributed by atoms with Crippen molar-refractivity contribution in [3.63, 3.8) is 0 Å². The minimum atomic E-state index is -0.562. The molecule has 6 heteroatoms. The van der Waals surface area contributed by atoms with Gasteiger partial charge in [0.25, 0.3) is 0 Å². The highest BCUT2D eigenvalue weighted by molar-refractivity contribution is 5.89. The third-order valence-corrected chi connectivity index (χ3v) is 4.69. The molecule has 0 fully saturated rings. The third kappa shape index (κ3) is 4.55. The van der Waals surface area contributed by atoms with E-state index in [0.717, 1.165) is 17.8 Å². The van der Waals surface area contributed by atoms with Crippen molar-refractivity contribution in [3.8, 4) is 28.0 Å². The molecule has 0 heterocycles. The number of rotatable bonds is 6. The Kier molecular flexibility index (Phi) is 6.14. The number of aromatic hydroxyl groups is 1.